The second kappa shape index (κ2) is 6.76. The van der Waals surface area contributed by atoms with Gasteiger partial charge in [0.1, 0.15) is 0 Å². The normalized spacial score (nSPS) is 10.8. The Morgan fingerprint density at radius 3 is 1.48 bits per heavy atom. The van der Waals surface area contributed by atoms with Gasteiger partial charge in [-0.2, -0.15) is 0 Å². The van der Waals surface area contributed by atoms with Crippen LogP contribution in [0.4, 0.5) is 0 Å². The average molecular weight is 393 g/mol. The van der Waals surface area contributed by atoms with Crippen molar-refractivity contribution in [3.63, 3.8) is 0 Å². The van der Waals surface area contributed by atoms with Crippen LogP contribution in [-0.4, -0.2) is 28.8 Å². The average Bonchev–Trinajstić information content (AvgIpc) is 2.72. The van der Waals surface area contributed by atoms with E-state index in [4.69, 9.17) is 6.15 Å². The molecule has 0 amide bonds. The van der Waals surface area contributed by atoms with Crippen LogP contribution in [0.15, 0.2) is 60.7 Å². The van der Waals surface area contributed by atoms with Gasteiger partial charge in [-0.1, -0.05) is 0 Å². The van der Waals surface area contributed by atoms with Crippen LogP contribution >= 0.6 is 0 Å². The first-order valence-corrected chi connectivity index (χ1v) is 14.6. The Kier molecular flexibility index (Phi) is 5.01. The van der Waals surface area contributed by atoms with Crippen LogP contribution in [0.2, 0.25) is 9.88 Å². The molecule has 0 heterocycles. The van der Waals surface area contributed by atoms with Crippen molar-refractivity contribution in [1.29, 1.82) is 0 Å². The third-order valence-electron chi connectivity index (χ3n) is 2.66. The fourth-order valence-corrected chi connectivity index (χ4v) is 5.89. The van der Waals surface area contributed by atoms with Crippen LogP contribution in [0.3, 0.4) is 0 Å². The van der Waals surface area contributed by atoms with Gasteiger partial charge in [0, 0.05) is 0 Å². The maximum absolute atomic E-state index is 9.90. The molecule has 0 unspecified atom stereocenters. The van der Waals surface area contributed by atoms with Crippen molar-refractivity contribution in [1.82, 2.24) is 0 Å². The zero-order valence-electron chi connectivity index (χ0n) is 12.0. The van der Waals surface area contributed by atoms with E-state index >= 15 is 0 Å². The molecule has 0 fully saturated rings. The van der Waals surface area contributed by atoms with Crippen molar-refractivity contribution in [2.24, 2.45) is 0 Å². The summed E-state index contributed by atoms with van der Waals surface area (Å²) in [6.07, 6.45) is 0. The molecule has 0 aliphatic heterocycles. The predicted molar refractivity (Wildman–Crippen MR) is 81.8 cm³/mol. The van der Waals surface area contributed by atoms with Crippen LogP contribution in [0.25, 0.3) is 0 Å². The van der Waals surface area contributed by atoms with Crippen molar-refractivity contribution in [3.05, 3.63) is 71.5 Å². The number of rotatable bonds is 4. The Morgan fingerprint density at radius 2 is 1.05 bits per heavy atom. The second-order valence-corrected chi connectivity index (χ2v) is 14.1. The molecule has 2 aromatic rings. The fraction of sp³-hybridized carbons (Fsp3) is 0.125. The van der Waals surface area contributed by atoms with E-state index in [2.05, 4.69) is 0 Å². The summed E-state index contributed by atoms with van der Waals surface area (Å²) in [5.74, 6) is 0.779. The fourth-order valence-electron chi connectivity index (χ4n) is 1.77. The first kappa shape index (κ1) is 15.6. The van der Waals surface area contributed by atoms with Gasteiger partial charge in [0.15, 0.2) is 0 Å². The van der Waals surface area contributed by atoms with E-state index in [1.54, 1.807) is 60.7 Å². The van der Waals surface area contributed by atoms with Crippen molar-refractivity contribution in [2.45, 2.75) is 9.88 Å². The summed E-state index contributed by atoms with van der Waals surface area (Å²) in [4.78, 5) is 23.6. The van der Waals surface area contributed by atoms with Crippen LogP contribution in [0.5, 0.6) is 11.5 Å². The van der Waals surface area contributed by atoms with Gasteiger partial charge < -0.3 is 0 Å². The molecular formula is C16H18O4Sn+2. The molecule has 0 spiro atoms. The van der Waals surface area contributed by atoms with Gasteiger partial charge in [-0.15, -0.1) is 0 Å². The summed E-state index contributed by atoms with van der Waals surface area (Å²) < 4.78 is 11.8. The van der Waals surface area contributed by atoms with Crippen LogP contribution in [0, 0.1) is 0 Å². The zero-order chi connectivity index (χ0) is 15.3. The standard InChI is InChI=1S/2C7H6O2.2CH3.Sn/c2*8-6-4-2-1-3-5-7(6)9;;;/h2*1-5H,(H,8,9);2*1H3;/q;;;;+2. The zero-order valence-corrected chi connectivity index (χ0v) is 14.8. The van der Waals surface area contributed by atoms with E-state index in [0.717, 1.165) is 0 Å². The number of hydrogen-bond acceptors (Lipinski definition) is 2. The molecule has 2 N–H and O–H groups in total. The summed E-state index contributed by atoms with van der Waals surface area (Å²) >= 11 is -3.44. The quantitative estimate of drug-likeness (QED) is 0.588. The first-order valence-electron chi connectivity index (χ1n) is 6.59. The summed E-state index contributed by atoms with van der Waals surface area (Å²) in [7, 11) is 0. The Labute approximate surface area is 128 Å². The molecule has 4 nitrogen and oxygen atoms in total. The van der Waals surface area contributed by atoms with E-state index in [9.17, 15) is 9.59 Å². The van der Waals surface area contributed by atoms with Gasteiger partial charge in [0.25, 0.3) is 0 Å². The van der Waals surface area contributed by atoms with Gasteiger partial charge in [0.2, 0.25) is 0 Å². The minimum absolute atomic E-state index is 0.0659. The molecule has 108 valence electrons. The molecule has 0 bridgehead atoms. The van der Waals surface area contributed by atoms with E-state index in [1.807, 2.05) is 9.88 Å². The molecule has 21 heavy (non-hydrogen) atoms. The summed E-state index contributed by atoms with van der Waals surface area (Å²) in [5.41, 5.74) is 0.132. The van der Waals surface area contributed by atoms with E-state index in [1.165, 1.54) is 0 Å². The third-order valence-corrected chi connectivity index (χ3v) is 6.73. The molecule has 0 aliphatic rings. The molecule has 5 heteroatoms. The first-order chi connectivity index (χ1) is 9.98. The summed E-state index contributed by atoms with van der Waals surface area (Å²) in [6.45, 7) is 0. The van der Waals surface area contributed by atoms with Crippen molar-refractivity contribution in [2.75, 3.05) is 0 Å². The van der Waals surface area contributed by atoms with Gasteiger partial charge >= 0.3 is 128 Å². The van der Waals surface area contributed by atoms with E-state index in [-0.39, 0.29) is 10.9 Å². The molecule has 0 aromatic heterocycles. The van der Waals surface area contributed by atoms with Crippen LogP contribution in [-0.2, 0) is 0 Å². The molecule has 0 saturated carbocycles. The Bertz CT molecular complexity index is 681. The van der Waals surface area contributed by atoms with E-state index in [0.29, 0.717) is 11.5 Å². The molecule has 0 radical (unpaired) electrons. The summed E-state index contributed by atoms with van der Waals surface area (Å²) in [5, 5.41) is 0. The molecule has 0 atom stereocenters. The third kappa shape index (κ3) is 4.60. The van der Waals surface area contributed by atoms with Gasteiger partial charge in [-0.05, 0) is 0 Å². The topological polar surface area (TPSA) is 61.3 Å². The second-order valence-electron chi connectivity index (χ2n) is 4.92. The van der Waals surface area contributed by atoms with Crippen molar-refractivity contribution >= 4 is 19.2 Å². The van der Waals surface area contributed by atoms with Crippen molar-refractivity contribution < 1.29 is 15.7 Å². The van der Waals surface area contributed by atoms with E-state index < -0.39 is 19.2 Å². The van der Waals surface area contributed by atoms with Gasteiger partial charge in [0.05, 0.1) is 0 Å². The molecule has 2 rings (SSSR count). The SMILES string of the molecule is [CH3][Sn]([CH3])([O]c1cccccc1=[OH+])[O]c1cccccc1=[OH+]. The molecule has 2 aromatic carbocycles. The predicted octanol–water partition coefficient (Wildman–Crippen LogP) is 1.86. The molecule has 0 saturated heterocycles. The molecule has 0 aliphatic carbocycles. The van der Waals surface area contributed by atoms with Gasteiger partial charge in [-0.3, -0.25) is 0 Å². The van der Waals surface area contributed by atoms with Crippen LogP contribution in [0.1, 0.15) is 0 Å². The van der Waals surface area contributed by atoms with Gasteiger partial charge in [-0.25, -0.2) is 0 Å². The van der Waals surface area contributed by atoms with Crippen molar-refractivity contribution in [3.8, 4) is 11.5 Å². The van der Waals surface area contributed by atoms with Crippen LogP contribution < -0.4 is 17.0 Å². The Balaban J connectivity index is 2.28. The molecular weight excluding hydrogens is 375 g/mol. The monoisotopic (exact) mass is 394 g/mol. The number of hydrogen-bond donors (Lipinski definition) is 0. The minimum atomic E-state index is -3.44. The summed E-state index contributed by atoms with van der Waals surface area (Å²) in [6, 6.07) is 17.2. The Hall–Kier alpha value is -1.82. The maximum atomic E-state index is 9.90. The Morgan fingerprint density at radius 1 is 0.667 bits per heavy atom.